The zero-order valence-electron chi connectivity index (χ0n) is 34.8. The minimum atomic E-state index is -0.953. The van der Waals surface area contributed by atoms with E-state index in [0.717, 1.165) is 59.5 Å². The molecule has 316 valence electrons. The number of nitrogens with one attached hydrogen (secondary N) is 3. The van der Waals surface area contributed by atoms with Gasteiger partial charge in [-0.1, -0.05) is 38.1 Å². The number of carbonyl (C=O) groups is 4. The maximum absolute atomic E-state index is 16.0. The molecular weight excluding hydrogens is 770 g/mol. The van der Waals surface area contributed by atoms with Gasteiger partial charge in [-0.15, -0.1) is 0 Å². The quantitative estimate of drug-likeness (QED) is 0.110. The lowest BCUT2D eigenvalue weighted by Gasteiger charge is -2.37. The van der Waals surface area contributed by atoms with Crippen molar-refractivity contribution in [3.8, 4) is 22.4 Å². The average molecular weight is 822 g/mol. The highest BCUT2D eigenvalue weighted by Crippen LogP contribution is 2.50. The Labute approximate surface area is 347 Å². The third-order valence-electron chi connectivity index (χ3n) is 12.9. The number of aromatic amines is 2. The minimum Gasteiger partial charge on any atom is -0.469 e. The summed E-state index contributed by atoms with van der Waals surface area (Å²) in [5, 5.41) is 4.51. The second kappa shape index (κ2) is 16.7. The van der Waals surface area contributed by atoms with Gasteiger partial charge in [0.25, 0.3) is 0 Å². The molecule has 1 aliphatic carbocycles. The average Bonchev–Trinajstić information content (AvgIpc) is 4.11. The Morgan fingerprint density at radius 1 is 0.917 bits per heavy atom. The van der Waals surface area contributed by atoms with Crippen LogP contribution in [0.2, 0.25) is 0 Å². The number of halogens is 1. The summed E-state index contributed by atoms with van der Waals surface area (Å²) in [6.07, 6.45) is 4.54. The van der Waals surface area contributed by atoms with Crippen LogP contribution in [0.4, 0.5) is 9.18 Å². The van der Waals surface area contributed by atoms with Gasteiger partial charge in [0, 0.05) is 30.6 Å². The van der Waals surface area contributed by atoms with Gasteiger partial charge in [0.2, 0.25) is 11.8 Å². The Hall–Kier alpha value is -5.83. The Kier molecular flexibility index (Phi) is 11.4. The number of benzene rings is 3. The van der Waals surface area contributed by atoms with Gasteiger partial charge < -0.3 is 39.3 Å². The molecule has 0 spiro atoms. The van der Waals surface area contributed by atoms with Gasteiger partial charge in [0.05, 0.1) is 67.7 Å². The van der Waals surface area contributed by atoms with Crippen molar-refractivity contribution in [1.29, 1.82) is 0 Å². The summed E-state index contributed by atoms with van der Waals surface area (Å²) in [4.78, 5) is 72.3. The van der Waals surface area contributed by atoms with Gasteiger partial charge in [-0.2, -0.15) is 0 Å². The van der Waals surface area contributed by atoms with E-state index in [1.54, 1.807) is 19.2 Å². The lowest BCUT2D eigenvalue weighted by molar-refractivity contribution is -0.148. The van der Waals surface area contributed by atoms with Crippen LogP contribution in [0, 0.1) is 23.6 Å². The highest BCUT2D eigenvalue weighted by atomic mass is 19.1. The van der Waals surface area contributed by atoms with E-state index in [4.69, 9.17) is 19.2 Å². The smallest absolute Gasteiger partial charge is 0.407 e. The second-order valence-electron chi connectivity index (χ2n) is 16.7. The molecule has 0 radical (unpaired) electrons. The van der Waals surface area contributed by atoms with Crippen molar-refractivity contribution in [3.05, 3.63) is 72.2 Å². The fourth-order valence-corrected chi connectivity index (χ4v) is 9.61. The number of alkyl carbamates (subject to hydrolysis) is 1. The number of likely N-dealkylation sites (tertiary alicyclic amines) is 2. The van der Waals surface area contributed by atoms with Crippen molar-refractivity contribution in [1.82, 2.24) is 35.1 Å². The molecule has 60 heavy (non-hydrogen) atoms. The van der Waals surface area contributed by atoms with Crippen molar-refractivity contribution >= 4 is 45.7 Å². The number of rotatable bonds is 12. The molecule has 14 nitrogen and oxygen atoms in total. The van der Waals surface area contributed by atoms with Crippen molar-refractivity contribution in [2.24, 2.45) is 17.8 Å². The van der Waals surface area contributed by atoms with Crippen LogP contribution < -0.4 is 5.32 Å². The Morgan fingerprint density at radius 3 is 2.43 bits per heavy atom. The highest BCUT2D eigenvalue weighted by molar-refractivity contribution is 6.05. The van der Waals surface area contributed by atoms with Crippen molar-refractivity contribution in [2.45, 2.75) is 89.6 Å². The number of fused-ring (bicyclic) bond motifs is 5. The predicted octanol–water partition coefficient (Wildman–Crippen LogP) is 7.22. The van der Waals surface area contributed by atoms with Crippen LogP contribution in [0.3, 0.4) is 0 Å². The van der Waals surface area contributed by atoms with Crippen molar-refractivity contribution in [2.75, 3.05) is 27.9 Å². The normalized spacial score (nSPS) is 21.5. The molecule has 2 aliphatic heterocycles. The van der Waals surface area contributed by atoms with Crippen LogP contribution >= 0.6 is 0 Å². The molecule has 3 N–H and O–H groups in total. The Bertz CT molecular complexity index is 2450. The van der Waals surface area contributed by atoms with Gasteiger partial charge in [0.15, 0.2) is 0 Å². The molecule has 3 aromatic carbocycles. The predicted molar refractivity (Wildman–Crippen MR) is 222 cm³/mol. The number of piperidine rings is 1. The number of carbonyl (C=O) groups excluding carboxylic acids is 4. The largest absolute Gasteiger partial charge is 0.469 e. The van der Waals surface area contributed by atoms with E-state index in [9.17, 15) is 19.2 Å². The first-order chi connectivity index (χ1) is 28.9. The van der Waals surface area contributed by atoms with Crippen LogP contribution in [-0.4, -0.2) is 99.7 Å². The third-order valence-corrected chi connectivity index (χ3v) is 12.9. The molecule has 15 heteroatoms. The van der Waals surface area contributed by atoms with Gasteiger partial charge in [-0.05, 0) is 91.6 Å². The van der Waals surface area contributed by atoms with Gasteiger partial charge in [-0.3, -0.25) is 14.4 Å². The van der Waals surface area contributed by atoms with Crippen LogP contribution in [0.1, 0.15) is 83.0 Å². The number of esters is 1. The maximum atomic E-state index is 16.0. The first-order valence-corrected chi connectivity index (χ1v) is 20.7. The molecule has 2 bridgehead atoms. The zero-order chi connectivity index (χ0) is 42.4. The van der Waals surface area contributed by atoms with Gasteiger partial charge >= 0.3 is 12.1 Å². The molecule has 2 saturated heterocycles. The lowest BCUT2D eigenvalue weighted by atomic mass is 9.91. The molecule has 3 fully saturated rings. The first kappa shape index (κ1) is 40.9. The lowest BCUT2D eigenvalue weighted by Crippen LogP contribution is -2.56. The summed E-state index contributed by atoms with van der Waals surface area (Å²) in [5.74, 6) is -0.192. The maximum Gasteiger partial charge on any atom is 0.407 e. The van der Waals surface area contributed by atoms with E-state index in [-0.39, 0.29) is 48.2 Å². The molecule has 1 saturated carbocycles. The van der Waals surface area contributed by atoms with Crippen molar-refractivity contribution in [3.63, 3.8) is 0 Å². The molecule has 8 rings (SSSR count). The summed E-state index contributed by atoms with van der Waals surface area (Å²) in [6.45, 7) is 6.22. The topological polar surface area (TPSA) is 172 Å². The monoisotopic (exact) mass is 821 g/mol. The Balaban J connectivity index is 1.02. The fraction of sp³-hybridized carbons (Fsp3) is 0.467. The van der Waals surface area contributed by atoms with Crippen LogP contribution in [0.15, 0.2) is 54.7 Å². The molecular formula is C45H52FN7O7. The Morgan fingerprint density at radius 2 is 1.70 bits per heavy atom. The molecule has 4 heterocycles. The zero-order valence-corrected chi connectivity index (χ0v) is 34.8. The summed E-state index contributed by atoms with van der Waals surface area (Å²) in [7, 11) is 4.07. The van der Waals surface area contributed by atoms with Crippen molar-refractivity contribution < 1.29 is 37.8 Å². The number of ether oxygens (including phenoxy) is 3. The number of H-pyrrole nitrogens is 2. The molecule has 2 aromatic heterocycles. The van der Waals surface area contributed by atoms with Crippen LogP contribution in [0.5, 0.6) is 0 Å². The number of amides is 3. The van der Waals surface area contributed by atoms with E-state index < -0.39 is 35.9 Å². The second-order valence-corrected chi connectivity index (χ2v) is 16.7. The van der Waals surface area contributed by atoms with E-state index >= 15 is 4.39 Å². The molecule has 7 atom stereocenters. The number of nitrogens with zero attached hydrogens (tertiary/aromatic N) is 4. The number of methoxy groups -OCH3 is 3. The number of imidazole rings is 2. The summed E-state index contributed by atoms with van der Waals surface area (Å²) < 4.78 is 31.2. The van der Waals surface area contributed by atoms with E-state index in [2.05, 4.69) is 20.3 Å². The molecule has 1 unspecified atom stereocenters. The number of hydrogen-bond acceptors (Lipinski definition) is 9. The summed E-state index contributed by atoms with van der Waals surface area (Å²) >= 11 is 0. The molecule has 3 aliphatic rings. The van der Waals surface area contributed by atoms with Crippen LogP contribution in [-0.2, 0) is 28.6 Å². The van der Waals surface area contributed by atoms with E-state index in [0.29, 0.717) is 35.0 Å². The van der Waals surface area contributed by atoms with Crippen LogP contribution in [0.25, 0.3) is 44.2 Å². The number of hydrogen-bond donors (Lipinski definition) is 3. The van der Waals surface area contributed by atoms with Gasteiger partial charge in [-0.25, -0.2) is 19.2 Å². The highest BCUT2D eigenvalue weighted by Gasteiger charge is 2.52. The fourth-order valence-electron chi connectivity index (χ4n) is 9.61. The number of aromatic nitrogens is 4. The first-order valence-electron chi connectivity index (χ1n) is 20.7. The molecule has 5 aromatic rings. The van der Waals surface area contributed by atoms with E-state index in [1.807, 2.05) is 60.0 Å². The SMILES string of the molecule is COC(=O)C[C@H](C(=O)N1CCC[C@H]1c1nc2c(ccc3cc(-c4ccc(-c5cnc(C6[C@H]7CC[C@H](C7)N6C(=O)[C@@H](NC(=O)OC)[C@@H](C)OC)[nH]5)c(F)c4)ccc32)[nH]1)C(C)C. The third kappa shape index (κ3) is 7.48. The molecule has 3 amide bonds. The minimum absolute atomic E-state index is 0.00684. The summed E-state index contributed by atoms with van der Waals surface area (Å²) in [5.41, 5.74) is 4.04. The van der Waals surface area contributed by atoms with Gasteiger partial charge in [0.1, 0.15) is 23.5 Å². The van der Waals surface area contributed by atoms with E-state index in [1.165, 1.54) is 27.4 Å². The summed E-state index contributed by atoms with van der Waals surface area (Å²) in [6, 6.07) is 13.5. The standard InChI is InChI=1S/C45H52FN7O7/c1-23(2)32(21-37(54)59-5)43(55)52-17-7-8-36(52)41-48-34-16-12-27-18-25(10-14-30(27)39(34)50-41)26-11-15-31(33(46)20-26)35-22-47-42(49-35)40-28-9-13-29(19-28)53(40)44(56)38(24(3)58-4)51-45(57)60-6/h10-12,14-16,18,20,22-24,28-29,32,36,38,40H,7-9,13,17,19,21H2,1-6H3,(H,47,49)(H,48,50)(H,51,57)/t24-,28+,29-,32+,36+,38+,40?/m1/s1.